The number of nitrogens with one attached hydrogen (secondary N) is 2. The first-order valence-corrected chi connectivity index (χ1v) is 5.32. The van der Waals surface area contributed by atoms with Gasteiger partial charge in [0.25, 0.3) is 0 Å². The topological polar surface area (TPSA) is 84.5 Å². The third kappa shape index (κ3) is 5.42. The van der Waals surface area contributed by atoms with Crippen LogP contribution in [0.1, 0.15) is 6.92 Å². The van der Waals surface area contributed by atoms with Gasteiger partial charge in [-0.1, -0.05) is 0 Å². The lowest BCUT2D eigenvalue weighted by Crippen LogP contribution is -2.40. The second-order valence-corrected chi connectivity index (χ2v) is 4.49. The molecule has 0 saturated carbocycles. The lowest BCUT2D eigenvalue weighted by atomic mass is 10.4. The summed E-state index contributed by atoms with van der Waals surface area (Å²) >= 11 is 0. The van der Waals surface area contributed by atoms with E-state index in [1.807, 2.05) is 0 Å². The monoisotopic (exact) mass is 210 g/mol. The first-order chi connectivity index (χ1) is 5.91. The van der Waals surface area contributed by atoms with Crippen LogP contribution in [0.5, 0.6) is 0 Å². The molecular formula is C6H14N2O4S. The highest BCUT2D eigenvalue weighted by atomic mass is 32.2. The fraction of sp³-hybridized carbons (Fsp3) is 0.833. The Hall–Kier alpha value is -0.820. The lowest BCUT2D eigenvalue weighted by molar-refractivity contribution is 0.168. The molecule has 0 aromatic carbocycles. The van der Waals surface area contributed by atoms with Gasteiger partial charge in [0, 0.05) is 6.04 Å². The minimum Gasteiger partial charge on any atom is -0.453 e. The highest BCUT2D eigenvalue weighted by Crippen LogP contribution is 1.90. The summed E-state index contributed by atoms with van der Waals surface area (Å²) in [5, 5.41) is 2.34. The van der Waals surface area contributed by atoms with E-state index in [1.54, 1.807) is 6.92 Å². The summed E-state index contributed by atoms with van der Waals surface area (Å²) in [6.07, 6.45) is -0.640. The Labute approximate surface area is 77.7 Å². The summed E-state index contributed by atoms with van der Waals surface area (Å²) in [4.78, 5) is 10.6. The van der Waals surface area contributed by atoms with Gasteiger partial charge in [0.2, 0.25) is 10.0 Å². The number of rotatable bonds is 4. The molecule has 0 fully saturated rings. The van der Waals surface area contributed by atoms with Gasteiger partial charge < -0.3 is 10.1 Å². The van der Waals surface area contributed by atoms with E-state index in [9.17, 15) is 13.2 Å². The van der Waals surface area contributed by atoms with Gasteiger partial charge in [-0.15, -0.1) is 0 Å². The number of alkyl carbamates (subject to hydrolysis) is 1. The van der Waals surface area contributed by atoms with Crippen molar-refractivity contribution in [3.8, 4) is 0 Å². The van der Waals surface area contributed by atoms with Gasteiger partial charge in [0.1, 0.15) is 0 Å². The molecule has 0 aliphatic heterocycles. The average molecular weight is 210 g/mol. The maximum absolute atomic E-state index is 11.0. The summed E-state index contributed by atoms with van der Waals surface area (Å²) in [5.74, 6) is -0.168. The van der Waals surface area contributed by atoms with Gasteiger partial charge in [0.05, 0.1) is 12.9 Å². The van der Waals surface area contributed by atoms with Crippen LogP contribution in [-0.4, -0.2) is 40.5 Å². The minimum atomic E-state index is -3.29. The molecule has 0 heterocycles. The molecule has 13 heavy (non-hydrogen) atoms. The summed E-state index contributed by atoms with van der Waals surface area (Å²) < 4.78 is 28.4. The number of carbonyl (C=O) groups excluding carboxylic acids is 1. The van der Waals surface area contributed by atoms with Crippen molar-refractivity contribution in [2.45, 2.75) is 13.0 Å². The van der Waals surface area contributed by atoms with E-state index in [2.05, 4.69) is 14.8 Å². The molecular weight excluding hydrogens is 196 g/mol. The van der Waals surface area contributed by atoms with Crippen molar-refractivity contribution in [2.75, 3.05) is 19.9 Å². The van der Waals surface area contributed by atoms with E-state index >= 15 is 0 Å². The molecule has 0 aromatic heterocycles. The molecule has 2 N–H and O–H groups in total. The summed E-state index contributed by atoms with van der Waals surface area (Å²) in [7, 11) is -0.756. The number of ether oxygens (including phenoxy) is 1. The molecule has 0 aromatic rings. The van der Waals surface area contributed by atoms with Crippen molar-refractivity contribution in [2.24, 2.45) is 0 Å². The number of hydrogen-bond acceptors (Lipinski definition) is 4. The molecule has 0 spiro atoms. The molecule has 6 nitrogen and oxygen atoms in total. The first-order valence-electron chi connectivity index (χ1n) is 3.67. The second kappa shape index (κ2) is 5.03. The van der Waals surface area contributed by atoms with Gasteiger partial charge in [-0.3, -0.25) is 0 Å². The predicted molar refractivity (Wildman–Crippen MR) is 47.8 cm³/mol. The quantitative estimate of drug-likeness (QED) is 0.641. The van der Waals surface area contributed by atoms with Crippen LogP contribution in [0.2, 0.25) is 0 Å². The molecule has 0 saturated heterocycles. The van der Waals surface area contributed by atoms with Crippen LogP contribution in [-0.2, 0) is 14.8 Å². The van der Waals surface area contributed by atoms with E-state index in [1.165, 1.54) is 14.2 Å². The van der Waals surface area contributed by atoms with Crippen molar-refractivity contribution in [1.29, 1.82) is 0 Å². The smallest absolute Gasteiger partial charge is 0.407 e. The molecule has 0 aliphatic rings. The van der Waals surface area contributed by atoms with E-state index in [4.69, 9.17) is 0 Å². The van der Waals surface area contributed by atoms with E-state index < -0.39 is 22.2 Å². The van der Waals surface area contributed by atoms with Gasteiger partial charge in [-0.25, -0.2) is 17.9 Å². The molecule has 0 bridgehead atoms. The molecule has 0 aliphatic carbocycles. The molecule has 0 radical (unpaired) electrons. The molecule has 1 amide bonds. The third-order valence-electron chi connectivity index (χ3n) is 1.33. The van der Waals surface area contributed by atoms with Crippen LogP contribution >= 0.6 is 0 Å². The Morgan fingerprint density at radius 1 is 1.54 bits per heavy atom. The van der Waals surface area contributed by atoms with Crippen LogP contribution in [0.3, 0.4) is 0 Å². The van der Waals surface area contributed by atoms with Crippen LogP contribution in [0.25, 0.3) is 0 Å². The normalized spacial score (nSPS) is 13.5. The van der Waals surface area contributed by atoms with Crippen molar-refractivity contribution in [3.63, 3.8) is 0 Å². The maximum atomic E-state index is 11.0. The Kier molecular flexibility index (Phi) is 4.71. The molecule has 7 heteroatoms. The number of amides is 1. The Balaban J connectivity index is 4.02. The third-order valence-corrected chi connectivity index (χ3v) is 2.89. The van der Waals surface area contributed by atoms with Gasteiger partial charge in [0.15, 0.2) is 0 Å². The van der Waals surface area contributed by atoms with Crippen LogP contribution < -0.4 is 10.0 Å². The zero-order chi connectivity index (χ0) is 10.5. The number of sulfonamides is 1. The summed E-state index contributed by atoms with van der Waals surface area (Å²) in [5.41, 5.74) is 0. The maximum Gasteiger partial charge on any atom is 0.407 e. The van der Waals surface area contributed by atoms with Gasteiger partial charge in [-0.2, -0.15) is 0 Å². The van der Waals surface area contributed by atoms with Crippen molar-refractivity contribution in [3.05, 3.63) is 0 Å². The standard InChI is InChI=1S/C6H14N2O4S/c1-5(8-6(9)12-3)4-13(10,11)7-2/h5,7H,4H2,1-3H3,(H,8,9). The van der Waals surface area contributed by atoms with Gasteiger partial charge >= 0.3 is 6.09 Å². The first kappa shape index (κ1) is 12.2. The number of carbonyl (C=O) groups is 1. The van der Waals surface area contributed by atoms with Crippen LogP contribution in [0, 0.1) is 0 Å². The Bertz CT molecular complexity index is 262. The molecule has 1 atom stereocenters. The number of hydrogen-bond donors (Lipinski definition) is 2. The molecule has 0 rings (SSSR count). The van der Waals surface area contributed by atoms with Crippen LogP contribution in [0.4, 0.5) is 4.79 Å². The number of methoxy groups -OCH3 is 1. The van der Waals surface area contributed by atoms with Crippen molar-refractivity contribution >= 4 is 16.1 Å². The highest BCUT2D eigenvalue weighted by Gasteiger charge is 2.15. The summed E-state index contributed by atoms with van der Waals surface area (Å²) in [6, 6.07) is -0.482. The lowest BCUT2D eigenvalue weighted by Gasteiger charge is -2.12. The summed E-state index contributed by atoms with van der Waals surface area (Å²) in [6.45, 7) is 1.58. The van der Waals surface area contributed by atoms with E-state index in [0.29, 0.717) is 0 Å². The Morgan fingerprint density at radius 2 is 2.08 bits per heavy atom. The van der Waals surface area contributed by atoms with Crippen molar-refractivity contribution < 1.29 is 17.9 Å². The SMILES string of the molecule is CNS(=O)(=O)CC(C)NC(=O)OC. The van der Waals surface area contributed by atoms with Gasteiger partial charge in [-0.05, 0) is 14.0 Å². The zero-order valence-electron chi connectivity index (χ0n) is 7.83. The minimum absolute atomic E-state index is 0.168. The van der Waals surface area contributed by atoms with E-state index in [-0.39, 0.29) is 5.75 Å². The molecule has 1 unspecified atom stereocenters. The second-order valence-electron chi connectivity index (χ2n) is 2.52. The average Bonchev–Trinajstić information content (AvgIpc) is 2.03. The van der Waals surface area contributed by atoms with E-state index in [0.717, 1.165) is 0 Å². The highest BCUT2D eigenvalue weighted by molar-refractivity contribution is 7.89. The predicted octanol–water partition coefficient (Wildman–Crippen LogP) is -0.720. The fourth-order valence-electron chi connectivity index (χ4n) is 0.714. The molecule has 78 valence electrons. The van der Waals surface area contributed by atoms with Crippen LogP contribution in [0.15, 0.2) is 0 Å². The zero-order valence-corrected chi connectivity index (χ0v) is 8.64. The fourth-order valence-corrected chi connectivity index (χ4v) is 1.62. The Morgan fingerprint density at radius 3 is 2.46 bits per heavy atom. The largest absolute Gasteiger partial charge is 0.453 e. The van der Waals surface area contributed by atoms with Crippen molar-refractivity contribution in [1.82, 2.24) is 10.0 Å².